The van der Waals surface area contributed by atoms with Gasteiger partial charge in [-0.25, -0.2) is 0 Å². The molecular formula is C13H19N2O4+. The van der Waals surface area contributed by atoms with Crippen molar-refractivity contribution in [3.63, 3.8) is 0 Å². The van der Waals surface area contributed by atoms with Crippen molar-refractivity contribution in [3.05, 3.63) is 35.9 Å². The van der Waals surface area contributed by atoms with Crippen molar-refractivity contribution in [3.8, 4) is 0 Å². The average Bonchev–Trinajstić information content (AvgIpc) is 2.84. The van der Waals surface area contributed by atoms with Crippen molar-refractivity contribution in [1.29, 1.82) is 0 Å². The van der Waals surface area contributed by atoms with Gasteiger partial charge in [0.25, 0.3) is 0 Å². The molecule has 1 amide bonds. The van der Waals surface area contributed by atoms with Crippen LogP contribution in [0.15, 0.2) is 30.3 Å². The highest BCUT2D eigenvalue weighted by Crippen LogP contribution is 2.31. The van der Waals surface area contributed by atoms with Crippen molar-refractivity contribution >= 4 is 6.09 Å². The summed E-state index contributed by atoms with van der Waals surface area (Å²) >= 11 is 0. The van der Waals surface area contributed by atoms with E-state index >= 15 is 0 Å². The highest BCUT2D eigenvalue weighted by Gasteiger charge is 2.51. The molecule has 6 heteroatoms. The Hall–Kier alpha value is -1.47. The van der Waals surface area contributed by atoms with Gasteiger partial charge in [0.05, 0.1) is 19.2 Å². The summed E-state index contributed by atoms with van der Waals surface area (Å²) in [6, 6.07) is 8.35. The molecule has 0 aromatic heterocycles. The van der Waals surface area contributed by atoms with Crippen molar-refractivity contribution in [2.24, 2.45) is 0 Å². The highest BCUT2D eigenvalue weighted by molar-refractivity contribution is 5.56. The fraction of sp³-hybridized carbons (Fsp3) is 0.462. The first kappa shape index (κ1) is 14.0. The Balaban J connectivity index is 2.31. The van der Waals surface area contributed by atoms with Crippen molar-refractivity contribution < 1.29 is 25.0 Å². The van der Waals surface area contributed by atoms with Crippen LogP contribution in [0.2, 0.25) is 0 Å². The van der Waals surface area contributed by atoms with Gasteiger partial charge >= 0.3 is 6.09 Å². The first-order valence-electron chi connectivity index (χ1n) is 6.29. The van der Waals surface area contributed by atoms with E-state index in [1.165, 1.54) is 5.01 Å². The number of aliphatic hydroxyl groups excluding tert-OH is 1. The van der Waals surface area contributed by atoms with Gasteiger partial charge in [-0.2, -0.15) is 10.0 Å². The highest BCUT2D eigenvalue weighted by atomic mass is 16.7. The zero-order chi connectivity index (χ0) is 14.0. The van der Waals surface area contributed by atoms with Gasteiger partial charge in [-0.1, -0.05) is 30.3 Å². The number of carboxylic acid groups (broad SMARTS) is 1. The van der Waals surface area contributed by atoms with Crippen LogP contribution in [0.3, 0.4) is 0 Å². The third kappa shape index (κ3) is 2.48. The number of benzene rings is 1. The van der Waals surface area contributed by atoms with Crippen LogP contribution in [0, 0.1) is 0 Å². The van der Waals surface area contributed by atoms with Gasteiger partial charge in [-0.3, -0.25) is 0 Å². The molecule has 0 bridgehead atoms. The molecule has 0 aliphatic carbocycles. The molecule has 3 atom stereocenters. The van der Waals surface area contributed by atoms with Crippen LogP contribution < -0.4 is 0 Å². The molecule has 1 heterocycles. The van der Waals surface area contributed by atoms with Gasteiger partial charge in [-0.15, -0.1) is 5.01 Å². The predicted octanol–water partition coefficient (Wildman–Crippen LogP) is 1.61. The van der Waals surface area contributed by atoms with E-state index in [9.17, 15) is 20.2 Å². The van der Waals surface area contributed by atoms with Gasteiger partial charge in [0, 0.05) is 5.56 Å². The quantitative estimate of drug-likeness (QED) is 0.440. The van der Waals surface area contributed by atoms with Gasteiger partial charge in [-0.05, 0) is 18.1 Å². The summed E-state index contributed by atoms with van der Waals surface area (Å²) in [4.78, 5) is 11.5. The summed E-state index contributed by atoms with van der Waals surface area (Å²) < 4.78 is -1.22. The van der Waals surface area contributed by atoms with Crippen molar-refractivity contribution in [2.45, 2.75) is 25.5 Å². The molecule has 1 saturated heterocycles. The summed E-state index contributed by atoms with van der Waals surface area (Å²) in [5, 5.41) is 30.9. The number of hydroxylamine groups is 2. The number of rotatable bonds is 3. The van der Waals surface area contributed by atoms with E-state index in [1.54, 1.807) is 31.2 Å². The van der Waals surface area contributed by atoms with Crippen LogP contribution in [0.4, 0.5) is 4.79 Å². The SMILES string of the molecule is CC(c1ccccc1)[N+](O)(C(=O)O)N1CCC(O)C1. The Morgan fingerprint density at radius 2 is 2.05 bits per heavy atom. The molecule has 1 aromatic carbocycles. The van der Waals surface area contributed by atoms with E-state index in [2.05, 4.69) is 0 Å². The lowest BCUT2D eigenvalue weighted by Gasteiger charge is -2.35. The number of hydrogen-bond acceptors (Lipinski definition) is 4. The zero-order valence-corrected chi connectivity index (χ0v) is 10.8. The number of hydrogen-bond donors (Lipinski definition) is 3. The maximum absolute atomic E-state index is 11.5. The third-order valence-corrected chi connectivity index (χ3v) is 3.68. The second-order valence-electron chi connectivity index (χ2n) is 4.87. The van der Waals surface area contributed by atoms with Crippen molar-refractivity contribution in [2.75, 3.05) is 13.1 Å². The molecule has 3 N–H and O–H groups in total. The molecule has 0 radical (unpaired) electrons. The number of carbonyl (C=O) groups is 1. The molecule has 1 aliphatic rings. The minimum atomic E-state index is -1.34. The molecule has 3 unspecified atom stereocenters. The first-order chi connectivity index (χ1) is 8.96. The lowest BCUT2D eigenvalue weighted by atomic mass is 10.1. The lowest BCUT2D eigenvalue weighted by molar-refractivity contribution is -1.15. The van der Waals surface area contributed by atoms with E-state index in [4.69, 9.17) is 0 Å². The minimum absolute atomic E-state index is 0.153. The second-order valence-corrected chi connectivity index (χ2v) is 4.87. The van der Waals surface area contributed by atoms with Crippen LogP contribution in [0.25, 0.3) is 0 Å². The smallest absolute Gasteiger partial charge is 0.432 e. The van der Waals surface area contributed by atoms with E-state index in [0.29, 0.717) is 13.0 Å². The Bertz CT molecular complexity index is 453. The first-order valence-corrected chi connectivity index (χ1v) is 6.29. The largest absolute Gasteiger partial charge is 0.568 e. The number of amides is 1. The average molecular weight is 267 g/mol. The van der Waals surface area contributed by atoms with Crippen LogP contribution in [0.1, 0.15) is 24.9 Å². The van der Waals surface area contributed by atoms with Crippen molar-refractivity contribution in [1.82, 2.24) is 5.01 Å². The van der Waals surface area contributed by atoms with Crippen LogP contribution in [-0.2, 0) is 0 Å². The monoisotopic (exact) mass is 267 g/mol. The molecule has 1 fully saturated rings. The van der Waals surface area contributed by atoms with E-state index in [-0.39, 0.29) is 6.54 Å². The summed E-state index contributed by atoms with van der Waals surface area (Å²) in [6.45, 7) is 2.16. The normalized spacial score (nSPS) is 24.9. The standard InChI is InChI=1S/C13H18N2O4/c1-10(11-5-3-2-4-6-11)15(19,13(17)18)14-8-7-12(16)9-14/h2-6,10,12,16,19H,7-9H2,1H3/p+1. The molecule has 2 rings (SSSR count). The Kier molecular flexibility index (Phi) is 3.86. The number of nitrogens with zero attached hydrogens (tertiary/aromatic N) is 2. The number of β-amino-alcohol motifs (C(OH)–C–C–N with tert-alkyl or cyclic N) is 1. The Labute approximate surface area is 111 Å². The van der Waals surface area contributed by atoms with E-state index in [1.807, 2.05) is 6.07 Å². The summed E-state index contributed by atoms with van der Waals surface area (Å²) in [7, 11) is 0. The fourth-order valence-corrected chi connectivity index (χ4v) is 2.47. The number of quaternary nitrogens is 1. The molecule has 1 aromatic rings. The molecule has 0 spiro atoms. The molecular weight excluding hydrogens is 248 g/mol. The van der Waals surface area contributed by atoms with Gasteiger partial charge in [0.15, 0.2) is 6.04 Å². The third-order valence-electron chi connectivity index (χ3n) is 3.68. The van der Waals surface area contributed by atoms with E-state index in [0.717, 1.165) is 5.56 Å². The maximum Gasteiger partial charge on any atom is 0.568 e. The Morgan fingerprint density at radius 1 is 1.42 bits per heavy atom. The van der Waals surface area contributed by atoms with Gasteiger partial charge in [0.1, 0.15) is 0 Å². The topological polar surface area (TPSA) is 81.0 Å². The molecule has 19 heavy (non-hydrogen) atoms. The van der Waals surface area contributed by atoms with Crippen LogP contribution in [0.5, 0.6) is 0 Å². The summed E-state index contributed by atoms with van der Waals surface area (Å²) in [5.74, 6) is 0. The van der Waals surface area contributed by atoms with Crippen LogP contribution in [-0.4, -0.2) is 50.5 Å². The number of aliphatic hydroxyl groups is 1. The molecule has 1 aliphatic heterocycles. The molecule has 6 nitrogen and oxygen atoms in total. The predicted molar refractivity (Wildman–Crippen MR) is 67.1 cm³/mol. The minimum Gasteiger partial charge on any atom is -0.432 e. The zero-order valence-electron chi connectivity index (χ0n) is 10.8. The fourth-order valence-electron chi connectivity index (χ4n) is 2.47. The van der Waals surface area contributed by atoms with Gasteiger partial charge < -0.3 is 10.2 Å². The molecule has 104 valence electrons. The Morgan fingerprint density at radius 3 is 2.53 bits per heavy atom. The second kappa shape index (κ2) is 5.26. The summed E-state index contributed by atoms with van der Waals surface area (Å²) in [6.07, 6.45) is -1.47. The summed E-state index contributed by atoms with van der Waals surface area (Å²) in [5.41, 5.74) is 0.730. The maximum atomic E-state index is 11.5. The van der Waals surface area contributed by atoms with Crippen LogP contribution >= 0.6 is 0 Å². The molecule has 0 saturated carbocycles. The van der Waals surface area contributed by atoms with Gasteiger partial charge in [0.2, 0.25) is 0 Å². The van der Waals surface area contributed by atoms with E-state index < -0.39 is 23.0 Å². The lowest BCUT2D eigenvalue weighted by Crippen LogP contribution is -2.61.